The number of carbonyl (C=O) groups is 2. The second kappa shape index (κ2) is 12.4. The van der Waals surface area contributed by atoms with Crippen LogP contribution in [0.1, 0.15) is 77.6 Å². The molecule has 1 saturated carbocycles. The molecule has 2 heterocycles. The fourth-order valence-electron chi connectivity index (χ4n) is 6.54. The number of amides is 2. The molecule has 1 fully saturated rings. The van der Waals surface area contributed by atoms with Crippen molar-refractivity contribution in [3.05, 3.63) is 76.4 Å². The number of nitrogens with zero attached hydrogens (tertiary/aromatic N) is 4. The summed E-state index contributed by atoms with van der Waals surface area (Å²) in [5.74, 6) is 4.32. The molecule has 1 atom stereocenters. The fraction of sp³-hybridized carbons (Fsp3) is 0.438. The van der Waals surface area contributed by atoms with Gasteiger partial charge in [-0.25, -0.2) is 0 Å². The van der Waals surface area contributed by atoms with Crippen LogP contribution in [-0.2, 0) is 30.0 Å². The normalized spacial score (nSPS) is 20.1. The summed E-state index contributed by atoms with van der Waals surface area (Å²) in [4.78, 5) is 26.3. The van der Waals surface area contributed by atoms with Crippen LogP contribution < -0.4 is 15.5 Å². The molecular weight excluding hydrogens is 614 g/mol. The third-order valence-corrected chi connectivity index (χ3v) is 8.50. The highest BCUT2D eigenvalue weighted by atomic mass is 19.4. The van der Waals surface area contributed by atoms with Gasteiger partial charge in [-0.3, -0.25) is 9.59 Å². The molecule has 5 rings (SSSR count). The zero-order chi connectivity index (χ0) is 33.4. The highest BCUT2D eigenvalue weighted by Crippen LogP contribution is 2.52. The molecule has 2 aromatic carbocycles. The van der Waals surface area contributed by atoms with Crippen LogP contribution in [0.2, 0.25) is 0 Å². The topological polar surface area (TPSA) is 92.2 Å². The van der Waals surface area contributed by atoms with E-state index in [1.54, 1.807) is 24.5 Å². The van der Waals surface area contributed by atoms with E-state index in [-0.39, 0.29) is 25.1 Å². The van der Waals surface area contributed by atoms with Gasteiger partial charge in [-0.05, 0) is 85.5 Å². The lowest BCUT2D eigenvalue weighted by molar-refractivity contribution is -0.158. The Bertz CT molecular complexity index is 1700. The summed E-state index contributed by atoms with van der Waals surface area (Å²) in [6.07, 6.45) is -6.84. The predicted octanol–water partition coefficient (Wildman–Crippen LogP) is 5.43. The molecule has 46 heavy (non-hydrogen) atoms. The molecule has 2 aliphatic rings. The molecule has 0 bridgehead atoms. The third kappa shape index (κ3) is 6.33. The highest BCUT2D eigenvalue weighted by Gasteiger charge is 2.49. The molecule has 0 saturated heterocycles. The Balaban J connectivity index is 1.45. The number of aryl methyl sites for hydroxylation is 1. The Morgan fingerprint density at radius 1 is 1.13 bits per heavy atom. The molecule has 0 radical (unpaired) electrons. The van der Waals surface area contributed by atoms with Gasteiger partial charge in [0.15, 0.2) is 0 Å². The summed E-state index contributed by atoms with van der Waals surface area (Å²) in [6, 6.07) is 5.80. The standard InChI is InChI=1S/C32H32F6N6O2/c1-4-7-26(45)39-10-6-11-40-27(32(36,37)38)20-12-23-24(25(13-20)31(33,34)35)17-44(28(23)46)22-9-5-8-21(14-22)30(15-19(2)16-30)29-42-41-18-43(29)3/h5,8-9,12-14,18-19,27,40H,6,10-11,15-17H2,1-3H3,(H,39,45)/t19?,27-,30?/m1/s1. The first kappa shape index (κ1) is 33.0. The van der Waals surface area contributed by atoms with Crippen molar-refractivity contribution in [1.29, 1.82) is 0 Å². The van der Waals surface area contributed by atoms with Crippen molar-refractivity contribution in [3.63, 3.8) is 0 Å². The number of aromatic nitrogens is 3. The first-order chi connectivity index (χ1) is 21.7. The third-order valence-electron chi connectivity index (χ3n) is 8.50. The molecule has 0 spiro atoms. The van der Waals surface area contributed by atoms with Crippen molar-refractivity contribution in [2.24, 2.45) is 13.0 Å². The largest absolute Gasteiger partial charge is 0.416 e. The van der Waals surface area contributed by atoms with Crippen LogP contribution >= 0.6 is 0 Å². The SMILES string of the molecule is CC#CC(=O)NCCCN[C@H](c1cc2c(c(C(F)(F)F)c1)CN(c1cccc(C3(c4nncn4C)CC(C)C3)c1)C2=O)C(F)(F)F. The van der Waals surface area contributed by atoms with E-state index in [1.807, 2.05) is 17.7 Å². The summed E-state index contributed by atoms with van der Waals surface area (Å²) < 4.78 is 87.4. The maximum absolute atomic E-state index is 14.3. The van der Waals surface area contributed by atoms with Gasteiger partial charge in [0, 0.05) is 24.8 Å². The summed E-state index contributed by atoms with van der Waals surface area (Å²) in [6.45, 7) is 2.83. The van der Waals surface area contributed by atoms with Crippen LogP contribution in [-0.4, -0.2) is 45.8 Å². The van der Waals surface area contributed by atoms with Gasteiger partial charge in [-0.2, -0.15) is 26.3 Å². The van der Waals surface area contributed by atoms with E-state index in [9.17, 15) is 35.9 Å². The minimum atomic E-state index is -5.02. The first-order valence-corrected chi connectivity index (χ1v) is 14.7. The number of halogens is 6. The number of hydrogen-bond donors (Lipinski definition) is 2. The summed E-state index contributed by atoms with van der Waals surface area (Å²) in [5.41, 5.74) is -2.19. The lowest BCUT2D eigenvalue weighted by Crippen LogP contribution is -2.43. The quantitative estimate of drug-likeness (QED) is 0.184. The van der Waals surface area contributed by atoms with Gasteiger partial charge in [0.2, 0.25) is 0 Å². The van der Waals surface area contributed by atoms with Crippen LogP contribution in [0.3, 0.4) is 0 Å². The Hall–Kier alpha value is -4.38. The monoisotopic (exact) mass is 646 g/mol. The van der Waals surface area contributed by atoms with Crippen molar-refractivity contribution < 1.29 is 35.9 Å². The molecule has 8 nitrogen and oxygen atoms in total. The zero-order valence-electron chi connectivity index (χ0n) is 25.3. The predicted molar refractivity (Wildman–Crippen MR) is 156 cm³/mol. The lowest BCUT2D eigenvalue weighted by Gasteiger charge is -2.46. The van der Waals surface area contributed by atoms with Crippen molar-refractivity contribution in [2.45, 2.75) is 63.5 Å². The van der Waals surface area contributed by atoms with Gasteiger partial charge < -0.3 is 20.1 Å². The summed E-state index contributed by atoms with van der Waals surface area (Å²) >= 11 is 0. The summed E-state index contributed by atoms with van der Waals surface area (Å²) in [5, 5.41) is 13.0. The van der Waals surface area contributed by atoms with E-state index in [0.29, 0.717) is 17.7 Å². The Kier molecular flexibility index (Phi) is 8.92. The van der Waals surface area contributed by atoms with E-state index in [0.717, 1.165) is 35.2 Å². The molecule has 1 aliphatic carbocycles. The molecule has 0 unspecified atom stereocenters. The number of alkyl halides is 6. The molecule has 3 aromatic rings. The Labute approximate surface area is 261 Å². The number of rotatable bonds is 9. The van der Waals surface area contributed by atoms with E-state index < -0.39 is 58.9 Å². The average molecular weight is 647 g/mol. The van der Waals surface area contributed by atoms with Gasteiger partial charge in [0.25, 0.3) is 11.8 Å². The van der Waals surface area contributed by atoms with Crippen molar-refractivity contribution in [2.75, 3.05) is 18.0 Å². The van der Waals surface area contributed by atoms with Crippen molar-refractivity contribution >= 4 is 17.5 Å². The fourth-order valence-corrected chi connectivity index (χ4v) is 6.54. The molecule has 244 valence electrons. The van der Waals surface area contributed by atoms with Gasteiger partial charge >= 0.3 is 12.4 Å². The minimum absolute atomic E-state index is 0.00639. The molecule has 2 amide bonds. The van der Waals surface area contributed by atoms with E-state index in [2.05, 4.69) is 39.6 Å². The number of nitrogens with one attached hydrogen (secondary N) is 2. The van der Waals surface area contributed by atoms with Crippen LogP contribution in [0.25, 0.3) is 0 Å². The highest BCUT2D eigenvalue weighted by molar-refractivity contribution is 6.10. The molecule has 1 aromatic heterocycles. The van der Waals surface area contributed by atoms with Gasteiger partial charge in [0.1, 0.15) is 18.2 Å². The van der Waals surface area contributed by atoms with Crippen molar-refractivity contribution in [1.82, 2.24) is 25.4 Å². The molecule has 2 N–H and O–H groups in total. The Morgan fingerprint density at radius 2 is 1.87 bits per heavy atom. The van der Waals surface area contributed by atoms with Gasteiger partial charge in [-0.1, -0.05) is 25.0 Å². The van der Waals surface area contributed by atoms with E-state index >= 15 is 0 Å². The van der Waals surface area contributed by atoms with Gasteiger partial charge in [-0.15, -0.1) is 10.2 Å². The molecule has 14 heteroatoms. The number of benzene rings is 2. The second-order valence-electron chi connectivity index (χ2n) is 11.8. The zero-order valence-corrected chi connectivity index (χ0v) is 25.3. The van der Waals surface area contributed by atoms with E-state index in [1.165, 1.54) is 6.92 Å². The first-order valence-electron chi connectivity index (χ1n) is 14.7. The van der Waals surface area contributed by atoms with Crippen LogP contribution in [0.4, 0.5) is 32.0 Å². The maximum atomic E-state index is 14.3. The smallest absolute Gasteiger partial charge is 0.345 e. The number of fused-ring (bicyclic) bond motifs is 1. The van der Waals surface area contributed by atoms with Crippen molar-refractivity contribution in [3.8, 4) is 11.8 Å². The van der Waals surface area contributed by atoms with Crippen LogP contribution in [0.5, 0.6) is 0 Å². The van der Waals surface area contributed by atoms with Gasteiger partial charge in [0.05, 0.1) is 17.5 Å². The Morgan fingerprint density at radius 3 is 2.48 bits per heavy atom. The second-order valence-corrected chi connectivity index (χ2v) is 11.8. The molecule has 1 aliphatic heterocycles. The van der Waals surface area contributed by atoms with Crippen LogP contribution in [0, 0.1) is 17.8 Å². The number of hydrogen-bond acceptors (Lipinski definition) is 5. The number of anilines is 1. The minimum Gasteiger partial charge on any atom is -0.345 e. The number of carbonyl (C=O) groups excluding carboxylic acids is 2. The lowest BCUT2D eigenvalue weighted by atomic mass is 9.58. The maximum Gasteiger partial charge on any atom is 0.416 e. The van der Waals surface area contributed by atoms with E-state index in [4.69, 9.17) is 0 Å². The average Bonchev–Trinajstić information content (AvgIpc) is 3.54. The van der Waals surface area contributed by atoms with Crippen LogP contribution in [0.15, 0.2) is 42.7 Å². The molecular formula is C32H32F6N6O2. The summed E-state index contributed by atoms with van der Waals surface area (Å²) in [7, 11) is 1.82.